The predicted molar refractivity (Wildman–Crippen MR) is 93.3 cm³/mol. The first-order valence-corrected chi connectivity index (χ1v) is 9.52. The van der Waals surface area contributed by atoms with Crippen molar-refractivity contribution in [3.63, 3.8) is 0 Å². The van der Waals surface area contributed by atoms with Gasteiger partial charge in [0.1, 0.15) is 0 Å². The van der Waals surface area contributed by atoms with Gasteiger partial charge >= 0.3 is 6.18 Å². The molecule has 146 valence electrons. The van der Waals surface area contributed by atoms with E-state index in [1.807, 2.05) is 6.92 Å². The lowest BCUT2D eigenvalue weighted by molar-refractivity contribution is -0.137. The van der Waals surface area contributed by atoms with Crippen LogP contribution in [0, 0.1) is 0 Å². The lowest BCUT2D eigenvalue weighted by Gasteiger charge is -2.22. The smallest absolute Gasteiger partial charge is 0.353 e. The SMILES string of the molecule is C=CCN(CC(=O)NC(C)CC)S(=O)(=O)c1ccc(Cl)c(C(F)(F)F)c1. The van der Waals surface area contributed by atoms with E-state index in [9.17, 15) is 26.4 Å². The van der Waals surface area contributed by atoms with Crippen LogP contribution in [0.3, 0.4) is 0 Å². The topological polar surface area (TPSA) is 66.5 Å². The highest BCUT2D eigenvalue weighted by Gasteiger charge is 2.35. The molecule has 0 radical (unpaired) electrons. The van der Waals surface area contributed by atoms with Crippen molar-refractivity contribution in [3.8, 4) is 0 Å². The highest BCUT2D eigenvalue weighted by Crippen LogP contribution is 2.36. The van der Waals surface area contributed by atoms with Gasteiger partial charge in [0.15, 0.2) is 0 Å². The van der Waals surface area contributed by atoms with E-state index in [1.165, 1.54) is 6.08 Å². The number of nitrogens with zero attached hydrogens (tertiary/aromatic N) is 1. The zero-order valence-corrected chi connectivity index (χ0v) is 15.9. The number of carbonyl (C=O) groups excluding carboxylic acids is 1. The normalized spacial score (nSPS) is 13.5. The zero-order chi connectivity index (χ0) is 20.1. The molecule has 1 aromatic carbocycles. The maximum absolute atomic E-state index is 13.0. The first-order chi connectivity index (χ1) is 11.9. The molecule has 26 heavy (non-hydrogen) atoms. The quantitative estimate of drug-likeness (QED) is 0.665. The fourth-order valence-corrected chi connectivity index (χ4v) is 3.62. The van der Waals surface area contributed by atoms with Crippen molar-refractivity contribution in [2.75, 3.05) is 13.1 Å². The maximum Gasteiger partial charge on any atom is 0.417 e. The third-order valence-electron chi connectivity index (χ3n) is 3.55. The molecule has 0 fully saturated rings. The Balaban J connectivity index is 3.22. The first-order valence-electron chi connectivity index (χ1n) is 7.70. The number of nitrogens with one attached hydrogen (secondary N) is 1. The van der Waals surface area contributed by atoms with E-state index in [0.29, 0.717) is 12.5 Å². The molecule has 0 heterocycles. The van der Waals surface area contributed by atoms with Gasteiger partial charge in [-0.15, -0.1) is 6.58 Å². The van der Waals surface area contributed by atoms with Crippen LogP contribution >= 0.6 is 11.6 Å². The van der Waals surface area contributed by atoms with Crippen LogP contribution in [0.25, 0.3) is 0 Å². The van der Waals surface area contributed by atoms with E-state index in [0.717, 1.165) is 16.4 Å². The summed E-state index contributed by atoms with van der Waals surface area (Å²) < 4.78 is 65.1. The monoisotopic (exact) mass is 412 g/mol. The summed E-state index contributed by atoms with van der Waals surface area (Å²) in [4.78, 5) is 11.4. The molecule has 0 aromatic heterocycles. The largest absolute Gasteiger partial charge is 0.417 e. The minimum absolute atomic E-state index is 0.164. The minimum atomic E-state index is -4.81. The first kappa shape index (κ1) is 22.5. The summed E-state index contributed by atoms with van der Waals surface area (Å²) in [6, 6.07) is 2.13. The Bertz CT molecular complexity index is 766. The molecule has 0 spiro atoms. The lowest BCUT2D eigenvalue weighted by Crippen LogP contribution is -2.43. The summed E-state index contributed by atoms with van der Waals surface area (Å²) >= 11 is 5.52. The van der Waals surface area contributed by atoms with Gasteiger partial charge in [0.25, 0.3) is 0 Å². The van der Waals surface area contributed by atoms with Gasteiger partial charge in [-0.2, -0.15) is 17.5 Å². The van der Waals surface area contributed by atoms with E-state index >= 15 is 0 Å². The third kappa shape index (κ3) is 5.72. The molecular formula is C16H20ClF3N2O3S. The Labute approximate surface area is 155 Å². The van der Waals surface area contributed by atoms with Crippen molar-refractivity contribution >= 4 is 27.5 Å². The van der Waals surface area contributed by atoms with Crippen LogP contribution in [-0.4, -0.2) is 37.8 Å². The van der Waals surface area contributed by atoms with Crippen molar-refractivity contribution in [1.29, 1.82) is 0 Å². The summed E-state index contributed by atoms with van der Waals surface area (Å²) in [7, 11) is -4.36. The molecule has 0 saturated carbocycles. The molecule has 0 aliphatic heterocycles. The van der Waals surface area contributed by atoms with Crippen molar-refractivity contribution in [2.45, 2.75) is 37.4 Å². The molecule has 0 bridgehead atoms. The van der Waals surface area contributed by atoms with Crippen LogP contribution < -0.4 is 5.32 Å². The standard InChI is InChI=1S/C16H20ClF3N2O3S/c1-4-8-22(10-15(23)21-11(3)5-2)26(24,25)12-6-7-14(17)13(9-12)16(18,19)20/h4,6-7,9,11H,1,5,8,10H2,2-3H3,(H,21,23). The molecule has 1 N–H and O–H groups in total. The van der Waals surface area contributed by atoms with Gasteiger partial charge in [0.05, 0.1) is 22.0 Å². The number of hydrogen-bond donors (Lipinski definition) is 1. The molecule has 1 atom stereocenters. The summed E-state index contributed by atoms with van der Waals surface area (Å²) in [5.41, 5.74) is -1.26. The predicted octanol–water partition coefficient (Wildman–Crippen LogP) is 3.45. The molecule has 1 unspecified atom stereocenters. The summed E-state index contributed by atoms with van der Waals surface area (Å²) in [6.07, 6.45) is -2.92. The van der Waals surface area contributed by atoms with E-state index in [1.54, 1.807) is 6.92 Å². The molecule has 1 rings (SSSR count). The van der Waals surface area contributed by atoms with Crippen molar-refractivity contribution in [2.24, 2.45) is 0 Å². The molecular weight excluding hydrogens is 393 g/mol. The highest BCUT2D eigenvalue weighted by molar-refractivity contribution is 7.89. The van der Waals surface area contributed by atoms with Gasteiger partial charge < -0.3 is 5.32 Å². The van der Waals surface area contributed by atoms with Crippen LogP contribution in [0.15, 0.2) is 35.7 Å². The van der Waals surface area contributed by atoms with E-state index in [-0.39, 0.29) is 12.6 Å². The minimum Gasteiger partial charge on any atom is -0.353 e. The number of hydrogen-bond acceptors (Lipinski definition) is 3. The number of benzene rings is 1. The molecule has 0 aliphatic carbocycles. The Kier molecular flexibility index (Phi) is 7.67. The number of carbonyl (C=O) groups is 1. The van der Waals surface area contributed by atoms with Crippen LogP contribution in [0.2, 0.25) is 5.02 Å². The fourth-order valence-electron chi connectivity index (χ4n) is 2.01. The summed E-state index contributed by atoms with van der Waals surface area (Å²) in [5.74, 6) is -0.560. The van der Waals surface area contributed by atoms with E-state index in [2.05, 4.69) is 11.9 Å². The average molecular weight is 413 g/mol. The fraction of sp³-hybridized carbons (Fsp3) is 0.438. The van der Waals surface area contributed by atoms with E-state index < -0.39 is 44.1 Å². The molecule has 1 amide bonds. The molecule has 0 saturated heterocycles. The average Bonchev–Trinajstić information content (AvgIpc) is 2.53. The molecule has 5 nitrogen and oxygen atoms in total. The lowest BCUT2D eigenvalue weighted by atomic mass is 10.2. The highest BCUT2D eigenvalue weighted by atomic mass is 35.5. The number of amides is 1. The van der Waals surface area contributed by atoms with Crippen LogP contribution in [-0.2, 0) is 21.0 Å². The zero-order valence-electron chi connectivity index (χ0n) is 14.3. The second kappa shape index (κ2) is 8.88. The van der Waals surface area contributed by atoms with Crippen LogP contribution in [0.4, 0.5) is 13.2 Å². The second-order valence-electron chi connectivity index (χ2n) is 5.60. The third-order valence-corrected chi connectivity index (χ3v) is 5.69. The van der Waals surface area contributed by atoms with Gasteiger partial charge in [-0.05, 0) is 31.5 Å². The van der Waals surface area contributed by atoms with Crippen molar-refractivity contribution < 1.29 is 26.4 Å². The van der Waals surface area contributed by atoms with Gasteiger partial charge in [0, 0.05) is 12.6 Å². The van der Waals surface area contributed by atoms with Gasteiger partial charge in [-0.25, -0.2) is 8.42 Å². The van der Waals surface area contributed by atoms with Crippen molar-refractivity contribution in [3.05, 3.63) is 41.4 Å². The summed E-state index contributed by atoms with van der Waals surface area (Å²) in [6.45, 7) is 6.24. The number of halogens is 4. The van der Waals surface area contributed by atoms with Crippen LogP contribution in [0.5, 0.6) is 0 Å². The van der Waals surface area contributed by atoms with Crippen molar-refractivity contribution in [1.82, 2.24) is 9.62 Å². The second-order valence-corrected chi connectivity index (χ2v) is 7.95. The maximum atomic E-state index is 13.0. The summed E-state index contributed by atoms with van der Waals surface area (Å²) in [5, 5.41) is 2.00. The van der Waals surface area contributed by atoms with Crippen LogP contribution in [0.1, 0.15) is 25.8 Å². The number of sulfonamides is 1. The number of alkyl halides is 3. The Morgan fingerprint density at radius 1 is 1.42 bits per heavy atom. The molecule has 0 aliphatic rings. The number of rotatable bonds is 8. The Morgan fingerprint density at radius 3 is 2.54 bits per heavy atom. The Hall–Kier alpha value is -1.58. The van der Waals surface area contributed by atoms with Gasteiger partial charge in [0.2, 0.25) is 15.9 Å². The Morgan fingerprint density at radius 2 is 2.04 bits per heavy atom. The van der Waals surface area contributed by atoms with Gasteiger partial charge in [-0.3, -0.25) is 4.79 Å². The molecule has 1 aromatic rings. The van der Waals surface area contributed by atoms with E-state index in [4.69, 9.17) is 11.6 Å². The van der Waals surface area contributed by atoms with Gasteiger partial charge in [-0.1, -0.05) is 24.6 Å². The molecule has 10 heteroatoms.